The highest BCUT2D eigenvalue weighted by Crippen LogP contribution is 2.22. The van der Waals surface area contributed by atoms with Crippen LogP contribution in [0.3, 0.4) is 0 Å². The molecule has 1 aliphatic heterocycles. The normalized spacial score (nSPS) is 21.2. The Morgan fingerprint density at radius 3 is 3.06 bits per heavy atom. The van der Waals surface area contributed by atoms with Gasteiger partial charge in [0, 0.05) is 25.8 Å². The molecule has 4 heteroatoms. The van der Waals surface area contributed by atoms with Gasteiger partial charge in [-0.2, -0.15) is 0 Å². The number of aryl methyl sites for hydroxylation is 1. The van der Waals surface area contributed by atoms with Crippen LogP contribution in [-0.4, -0.2) is 31.7 Å². The average Bonchev–Trinajstić information content (AvgIpc) is 2.88. The van der Waals surface area contributed by atoms with Crippen molar-refractivity contribution >= 4 is 0 Å². The monoisotopic (exact) mass is 238 g/mol. The maximum Gasteiger partial charge on any atom is 0.118 e. The van der Waals surface area contributed by atoms with Gasteiger partial charge in [-0.3, -0.25) is 4.90 Å². The van der Waals surface area contributed by atoms with Gasteiger partial charge < -0.3 is 14.9 Å². The minimum absolute atomic E-state index is 0.479. The minimum atomic E-state index is 0.479. The zero-order valence-electron chi connectivity index (χ0n) is 10.7. The molecule has 0 aromatic carbocycles. The molecule has 1 aromatic rings. The summed E-state index contributed by atoms with van der Waals surface area (Å²) in [6.07, 6.45) is 1.23. The van der Waals surface area contributed by atoms with Gasteiger partial charge in [-0.1, -0.05) is 0 Å². The van der Waals surface area contributed by atoms with Crippen LogP contribution in [0.1, 0.15) is 23.5 Å². The van der Waals surface area contributed by atoms with E-state index < -0.39 is 0 Å². The smallest absolute Gasteiger partial charge is 0.118 e. The highest BCUT2D eigenvalue weighted by Gasteiger charge is 2.23. The van der Waals surface area contributed by atoms with Crippen LogP contribution in [0.2, 0.25) is 0 Å². The summed E-state index contributed by atoms with van der Waals surface area (Å²) in [6.45, 7) is 6.60. The van der Waals surface area contributed by atoms with Crippen LogP contribution in [0, 0.1) is 12.8 Å². The number of ether oxygens (including phenoxy) is 1. The first-order chi connectivity index (χ1) is 8.22. The van der Waals surface area contributed by atoms with E-state index in [-0.39, 0.29) is 0 Å². The Morgan fingerprint density at radius 2 is 2.41 bits per heavy atom. The van der Waals surface area contributed by atoms with Crippen LogP contribution in [0.25, 0.3) is 0 Å². The van der Waals surface area contributed by atoms with Crippen molar-refractivity contribution in [2.45, 2.75) is 26.4 Å². The lowest BCUT2D eigenvalue weighted by molar-refractivity contribution is 0.152. The summed E-state index contributed by atoms with van der Waals surface area (Å²) in [5, 5.41) is 0. The third kappa shape index (κ3) is 3.09. The molecule has 0 saturated carbocycles. The largest absolute Gasteiger partial charge is 0.465 e. The maximum absolute atomic E-state index is 5.58. The molecule has 0 amide bonds. The van der Waals surface area contributed by atoms with Gasteiger partial charge in [-0.15, -0.1) is 0 Å². The molecular weight excluding hydrogens is 216 g/mol. The fraction of sp³-hybridized carbons (Fsp3) is 0.692. The van der Waals surface area contributed by atoms with Gasteiger partial charge in [0.25, 0.3) is 0 Å². The van der Waals surface area contributed by atoms with E-state index in [1.54, 1.807) is 7.11 Å². The molecular formula is C13H22N2O2. The summed E-state index contributed by atoms with van der Waals surface area (Å²) in [5.74, 6) is 2.56. The molecule has 17 heavy (non-hydrogen) atoms. The van der Waals surface area contributed by atoms with Crippen LogP contribution in [-0.2, 0) is 17.8 Å². The third-order valence-corrected chi connectivity index (χ3v) is 3.44. The van der Waals surface area contributed by atoms with E-state index in [1.165, 1.54) is 12.0 Å². The molecule has 0 aliphatic carbocycles. The lowest BCUT2D eigenvalue weighted by Gasteiger charge is -2.15. The summed E-state index contributed by atoms with van der Waals surface area (Å²) in [7, 11) is 1.77. The highest BCUT2D eigenvalue weighted by molar-refractivity contribution is 5.20. The van der Waals surface area contributed by atoms with E-state index in [0.717, 1.165) is 37.8 Å². The topological polar surface area (TPSA) is 51.6 Å². The zero-order chi connectivity index (χ0) is 12.3. The predicted octanol–water partition coefficient (Wildman–Crippen LogP) is 1.52. The second kappa shape index (κ2) is 5.67. The number of methoxy groups -OCH3 is 1. The van der Waals surface area contributed by atoms with Gasteiger partial charge in [0.1, 0.15) is 11.5 Å². The molecule has 2 heterocycles. The fourth-order valence-corrected chi connectivity index (χ4v) is 2.51. The van der Waals surface area contributed by atoms with E-state index in [9.17, 15) is 0 Å². The molecule has 0 bridgehead atoms. The minimum Gasteiger partial charge on any atom is -0.465 e. The van der Waals surface area contributed by atoms with Gasteiger partial charge in [-0.25, -0.2) is 0 Å². The lowest BCUT2D eigenvalue weighted by Crippen LogP contribution is -2.21. The Kier molecular flexibility index (Phi) is 4.20. The first-order valence-electron chi connectivity index (χ1n) is 6.22. The van der Waals surface area contributed by atoms with Gasteiger partial charge in [-0.05, 0) is 31.9 Å². The Labute approximate surface area is 103 Å². The summed E-state index contributed by atoms with van der Waals surface area (Å²) < 4.78 is 10.8. The molecule has 1 unspecified atom stereocenters. The highest BCUT2D eigenvalue weighted by atomic mass is 16.5. The maximum atomic E-state index is 5.58. The van der Waals surface area contributed by atoms with Gasteiger partial charge in [0.15, 0.2) is 0 Å². The molecule has 1 saturated heterocycles. The second-order valence-corrected chi connectivity index (χ2v) is 4.84. The summed E-state index contributed by atoms with van der Waals surface area (Å²) >= 11 is 0. The number of nitrogens with two attached hydrogens (primary N) is 1. The lowest BCUT2D eigenvalue weighted by atomic mass is 10.1. The molecule has 0 radical (unpaired) electrons. The van der Waals surface area contributed by atoms with Gasteiger partial charge in [0.05, 0.1) is 13.2 Å². The Bertz CT molecular complexity index is 362. The number of likely N-dealkylation sites (tertiary alicyclic amines) is 1. The van der Waals surface area contributed by atoms with Crippen molar-refractivity contribution in [2.24, 2.45) is 11.7 Å². The quantitative estimate of drug-likeness (QED) is 0.845. The van der Waals surface area contributed by atoms with Crippen LogP contribution in [0.5, 0.6) is 0 Å². The van der Waals surface area contributed by atoms with Crippen LogP contribution in [0.15, 0.2) is 10.5 Å². The second-order valence-electron chi connectivity index (χ2n) is 4.84. The number of rotatable bonds is 5. The zero-order valence-corrected chi connectivity index (χ0v) is 10.7. The van der Waals surface area contributed by atoms with Crippen molar-refractivity contribution < 1.29 is 9.15 Å². The van der Waals surface area contributed by atoms with Crippen molar-refractivity contribution in [3.05, 3.63) is 23.2 Å². The molecule has 1 atom stereocenters. The number of hydrogen-bond donors (Lipinski definition) is 1. The standard InChI is InChI=1S/C13H22N2O2/c1-10-12(5-13(6-14)17-10)8-15-4-3-11(7-15)9-16-2/h5,11H,3-4,6-9,14H2,1-2H3. The number of nitrogens with zero attached hydrogens (tertiary/aromatic N) is 1. The van der Waals surface area contributed by atoms with E-state index in [0.29, 0.717) is 12.5 Å². The van der Waals surface area contributed by atoms with Gasteiger partial charge in [0.2, 0.25) is 0 Å². The third-order valence-electron chi connectivity index (χ3n) is 3.44. The molecule has 1 aromatic heterocycles. The van der Waals surface area contributed by atoms with Crippen LogP contribution >= 0.6 is 0 Å². The Balaban J connectivity index is 1.90. The Hall–Kier alpha value is -0.840. The van der Waals surface area contributed by atoms with E-state index in [2.05, 4.69) is 11.0 Å². The Morgan fingerprint density at radius 1 is 1.59 bits per heavy atom. The molecule has 1 aliphatic rings. The van der Waals surface area contributed by atoms with E-state index in [1.807, 2.05) is 6.92 Å². The molecule has 2 rings (SSSR count). The van der Waals surface area contributed by atoms with Crippen molar-refractivity contribution in [1.29, 1.82) is 0 Å². The molecule has 2 N–H and O–H groups in total. The molecule has 4 nitrogen and oxygen atoms in total. The first kappa shape index (κ1) is 12.6. The van der Waals surface area contributed by atoms with E-state index in [4.69, 9.17) is 14.9 Å². The predicted molar refractivity (Wildman–Crippen MR) is 66.6 cm³/mol. The average molecular weight is 238 g/mol. The SMILES string of the molecule is COCC1CCN(Cc2cc(CN)oc2C)C1. The van der Waals surface area contributed by atoms with Crippen molar-refractivity contribution in [2.75, 3.05) is 26.8 Å². The summed E-state index contributed by atoms with van der Waals surface area (Å²) in [4.78, 5) is 2.46. The molecule has 0 spiro atoms. The fourth-order valence-electron chi connectivity index (χ4n) is 2.51. The van der Waals surface area contributed by atoms with Crippen molar-refractivity contribution in [1.82, 2.24) is 4.90 Å². The van der Waals surface area contributed by atoms with Crippen LogP contribution in [0.4, 0.5) is 0 Å². The van der Waals surface area contributed by atoms with Crippen molar-refractivity contribution in [3.8, 4) is 0 Å². The van der Waals surface area contributed by atoms with E-state index >= 15 is 0 Å². The first-order valence-corrected chi connectivity index (χ1v) is 6.22. The van der Waals surface area contributed by atoms with Crippen molar-refractivity contribution in [3.63, 3.8) is 0 Å². The van der Waals surface area contributed by atoms with Crippen LogP contribution < -0.4 is 5.73 Å². The summed E-state index contributed by atoms with van der Waals surface area (Å²) in [6, 6.07) is 2.08. The number of hydrogen-bond acceptors (Lipinski definition) is 4. The number of furan rings is 1. The molecule has 96 valence electrons. The summed E-state index contributed by atoms with van der Waals surface area (Å²) in [5.41, 5.74) is 6.85. The molecule has 1 fully saturated rings. The van der Waals surface area contributed by atoms with Gasteiger partial charge >= 0.3 is 0 Å².